The summed E-state index contributed by atoms with van der Waals surface area (Å²) < 4.78 is 6.43. The molecule has 10 aromatic carbocycles. The van der Waals surface area contributed by atoms with Crippen molar-refractivity contribution in [1.29, 1.82) is 0 Å². The molecule has 344 valence electrons. The van der Waals surface area contributed by atoms with E-state index in [0.29, 0.717) is 0 Å². The van der Waals surface area contributed by atoms with E-state index >= 15 is 0 Å². The first-order valence-corrected chi connectivity index (χ1v) is 25.7. The molecule has 3 heteroatoms. The predicted molar refractivity (Wildman–Crippen MR) is 301 cm³/mol. The number of rotatable bonds is 6. The van der Waals surface area contributed by atoms with Crippen LogP contribution in [0.4, 0.5) is 28.4 Å². The molecule has 16 rings (SSSR count). The Kier molecular flexibility index (Phi) is 8.28. The van der Waals surface area contributed by atoms with Crippen molar-refractivity contribution >= 4 is 55.9 Å². The molecule has 2 unspecified atom stereocenters. The van der Waals surface area contributed by atoms with Crippen LogP contribution in [-0.2, 0) is 10.8 Å². The molecule has 11 aromatic rings. The van der Waals surface area contributed by atoms with Gasteiger partial charge in [0.05, 0.1) is 22.8 Å². The molecule has 0 amide bonds. The Labute approximate surface area is 425 Å². The summed E-state index contributed by atoms with van der Waals surface area (Å²) >= 11 is 0. The van der Waals surface area contributed by atoms with Crippen LogP contribution in [0.25, 0.3) is 60.9 Å². The molecule has 3 heterocycles. The highest BCUT2D eigenvalue weighted by Crippen LogP contribution is 2.65. The second-order valence-corrected chi connectivity index (χ2v) is 21.1. The van der Waals surface area contributed by atoms with Gasteiger partial charge in [-0.05, 0) is 116 Å². The summed E-state index contributed by atoms with van der Waals surface area (Å²) in [5, 5.41) is 2.20. The van der Waals surface area contributed by atoms with Gasteiger partial charge < -0.3 is 14.2 Å². The molecule has 3 nitrogen and oxygen atoms in total. The minimum Gasteiger partial charge on any atom is -0.456 e. The summed E-state index contributed by atoms with van der Waals surface area (Å²) in [6, 6.07) is 86.0. The predicted octanol–water partition coefficient (Wildman–Crippen LogP) is 18.0. The lowest BCUT2D eigenvalue weighted by atomic mass is 9.68. The normalized spacial score (nSPS) is 17.5. The third-order valence-electron chi connectivity index (χ3n) is 17.3. The molecule has 1 aromatic heterocycles. The van der Waals surface area contributed by atoms with Crippen LogP contribution in [0.3, 0.4) is 0 Å². The van der Waals surface area contributed by atoms with Crippen LogP contribution < -0.4 is 9.80 Å². The highest BCUT2D eigenvalue weighted by Gasteiger charge is 2.54. The van der Waals surface area contributed by atoms with Crippen LogP contribution in [0.15, 0.2) is 253 Å². The first-order valence-electron chi connectivity index (χ1n) is 25.7. The van der Waals surface area contributed by atoms with Crippen molar-refractivity contribution in [3.05, 3.63) is 287 Å². The van der Waals surface area contributed by atoms with Crippen LogP contribution >= 0.6 is 0 Å². The van der Waals surface area contributed by atoms with Gasteiger partial charge in [0, 0.05) is 55.9 Å². The molecule has 0 bridgehead atoms. The van der Waals surface area contributed by atoms with Gasteiger partial charge in [0.1, 0.15) is 11.2 Å². The number of allylic oxidation sites excluding steroid dienone is 2. The monoisotopic (exact) mass is 932 g/mol. The fraction of sp³-hybridized carbons (Fsp3) is 0.0857. The topological polar surface area (TPSA) is 19.6 Å². The van der Waals surface area contributed by atoms with Crippen LogP contribution in [0.1, 0.15) is 58.7 Å². The van der Waals surface area contributed by atoms with Gasteiger partial charge in [0.25, 0.3) is 0 Å². The second kappa shape index (κ2) is 14.8. The quantitative estimate of drug-likeness (QED) is 0.166. The molecule has 73 heavy (non-hydrogen) atoms. The van der Waals surface area contributed by atoms with Crippen LogP contribution in [0.2, 0.25) is 0 Å². The molecule has 0 N–H and O–H groups in total. The fourth-order valence-electron chi connectivity index (χ4n) is 14.3. The zero-order chi connectivity index (χ0) is 48.2. The molecule has 3 aliphatic carbocycles. The van der Waals surface area contributed by atoms with E-state index in [1.807, 2.05) is 6.07 Å². The molecule has 0 saturated heterocycles. The van der Waals surface area contributed by atoms with Gasteiger partial charge in [-0.25, -0.2) is 0 Å². The van der Waals surface area contributed by atoms with E-state index in [-0.39, 0.29) is 17.4 Å². The zero-order valence-electron chi connectivity index (χ0n) is 40.6. The number of nitrogens with zero attached hydrogens (tertiary/aromatic N) is 2. The maximum atomic E-state index is 6.43. The highest BCUT2D eigenvalue weighted by atomic mass is 16.3. The average Bonchev–Trinajstić information content (AvgIpc) is 4.13. The Morgan fingerprint density at radius 1 is 0.452 bits per heavy atom. The lowest BCUT2D eigenvalue weighted by Gasteiger charge is -2.36. The first kappa shape index (κ1) is 40.8. The fourth-order valence-corrected chi connectivity index (χ4v) is 14.3. The van der Waals surface area contributed by atoms with Gasteiger partial charge in [0.15, 0.2) is 0 Å². The average molecular weight is 933 g/mol. The van der Waals surface area contributed by atoms with Crippen molar-refractivity contribution < 1.29 is 4.42 Å². The Morgan fingerprint density at radius 3 is 1.92 bits per heavy atom. The third-order valence-corrected chi connectivity index (χ3v) is 17.3. The van der Waals surface area contributed by atoms with Gasteiger partial charge in [0.2, 0.25) is 0 Å². The van der Waals surface area contributed by atoms with E-state index in [1.165, 1.54) is 94.8 Å². The highest BCUT2D eigenvalue weighted by molar-refractivity contribution is 6.08. The Bertz CT molecular complexity index is 4150. The molecular formula is C70H48N2O. The van der Waals surface area contributed by atoms with Crippen molar-refractivity contribution in [2.24, 2.45) is 0 Å². The summed E-state index contributed by atoms with van der Waals surface area (Å²) in [6.45, 7) is 4.85. The maximum absolute atomic E-state index is 6.43. The molecule has 2 aliphatic heterocycles. The summed E-state index contributed by atoms with van der Waals surface area (Å²) in [5.74, 6) is 0.283. The van der Waals surface area contributed by atoms with Crippen molar-refractivity contribution in [3.8, 4) is 33.4 Å². The van der Waals surface area contributed by atoms with Gasteiger partial charge in [-0.2, -0.15) is 0 Å². The summed E-state index contributed by atoms with van der Waals surface area (Å²) in [7, 11) is 0. The smallest absolute Gasteiger partial charge is 0.135 e. The van der Waals surface area contributed by atoms with E-state index in [9.17, 15) is 0 Å². The van der Waals surface area contributed by atoms with E-state index in [1.54, 1.807) is 0 Å². The van der Waals surface area contributed by atoms with Gasteiger partial charge in [-0.1, -0.05) is 207 Å². The second-order valence-electron chi connectivity index (χ2n) is 21.1. The number of hydrogen-bond acceptors (Lipinski definition) is 3. The maximum Gasteiger partial charge on any atom is 0.135 e. The van der Waals surface area contributed by atoms with Crippen molar-refractivity contribution in [2.45, 2.75) is 36.6 Å². The summed E-state index contributed by atoms with van der Waals surface area (Å²) in [6.07, 6.45) is 4.88. The van der Waals surface area contributed by atoms with Crippen LogP contribution in [0.5, 0.6) is 0 Å². The third kappa shape index (κ3) is 5.38. The van der Waals surface area contributed by atoms with Crippen molar-refractivity contribution in [3.63, 3.8) is 0 Å². The number of furan rings is 1. The van der Waals surface area contributed by atoms with Crippen LogP contribution in [0, 0.1) is 0 Å². The lowest BCUT2D eigenvalue weighted by molar-refractivity contribution is 0.592. The SMILES string of the molecule is CC1(C)C2=CC=C3c4ccccc4N4c5cc(-c6ccc(N(c7ccc8oc9ccccc9c8c7)c7cccc8c7-c7ccccc7C8(c7ccccc7)c7ccccc7)cc6)ccc5-c5cccc1c5C2C34. The van der Waals surface area contributed by atoms with Gasteiger partial charge >= 0.3 is 0 Å². The molecule has 0 radical (unpaired) electrons. The number of hydrogen-bond donors (Lipinski definition) is 0. The Balaban J connectivity index is 0.891. The van der Waals surface area contributed by atoms with Crippen molar-refractivity contribution in [2.75, 3.05) is 9.80 Å². The van der Waals surface area contributed by atoms with Gasteiger partial charge in [-0.15, -0.1) is 0 Å². The summed E-state index contributed by atoms with van der Waals surface area (Å²) in [5.41, 5.74) is 26.8. The number of anilines is 5. The molecule has 0 saturated carbocycles. The first-order chi connectivity index (χ1) is 36.0. The molecule has 5 aliphatic rings. The minimum atomic E-state index is -0.533. The Morgan fingerprint density at radius 2 is 1.10 bits per heavy atom. The Hall–Kier alpha value is -8.92. The standard InChI is InChI=1S/C70H48N2O/c1-69(2)57-26-15-24-52-50-37-33-44(41-62(50)72-60-28-13-10-21-49(60)53-38-39-58(69)67(66(52)57)68(53)72)43-31-34-47(35-32-43)71(48-36-40-64-55(42-48)51-22-11-14-30-63(51)73-64)61-29-16-27-59-65(61)54-23-9-12-25-56(54)70(59,45-17-5-3-6-18-45)46-19-7-4-8-20-46/h3-42,67-68H,1-2H3. The lowest BCUT2D eigenvalue weighted by Crippen LogP contribution is -2.34. The molecule has 0 spiro atoms. The minimum absolute atomic E-state index is 0.0419. The number of fused-ring (bicyclic) bond motifs is 12. The number of benzene rings is 10. The summed E-state index contributed by atoms with van der Waals surface area (Å²) in [4.78, 5) is 5.16. The zero-order valence-corrected chi connectivity index (χ0v) is 40.6. The van der Waals surface area contributed by atoms with E-state index in [2.05, 4.69) is 260 Å². The molecule has 2 atom stereocenters. The molecular weight excluding hydrogens is 885 g/mol. The number of para-hydroxylation sites is 2. The van der Waals surface area contributed by atoms with E-state index in [4.69, 9.17) is 4.42 Å². The van der Waals surface area contributed by atoms with E-state index in [0.717, 1.165) is 39.0 Å². The largest absolute Gasteiger partial charge is 0.456 e. The molecule has 0 fully saturated rings. The van der Waals surface area contributed by atoms with Crippen LogP contribution in [-0.4, -0.2) is 6.04 Å². The van der Waals surface area contributed by atoms with Gasteiger partial charge in [-0.3, -0.25) is 0 Å². The van der Waals surface area contributed by atoms with E-state index < -0.39 is 5.41 Å². The van der Waals surface area contributed by atoms with Crippen molar-refractivity contribution in [1.82, 2.24) is 0 Å².